The minimum absolute atomic E-state index is 0.163. The fraction of sp³-hybridized carbons (Fsp3) is 0.231. The molecule has 3 amide bonds. The van der Waals surface area contributed by atoms with Crippen LogP contribution in [-0.4, -0.2) is 91.6 Å². The Morgan fingerprint density at radius 3 is 2.70 bits per heavy atom. The smallest absolute Gasteiger partial charge is 0.352 e. The Bertz CT molecular complexity index is 1920. The van der Waals surface area contributed by atoms with E-state index in [2.05, 4.69) is 31.1 Å². The van der Waals surface area contributed by atoms with Crippen LogP contribution in [0.1, 0.15) is 11.6 Å². The van der Waals surface area contributed by atoms with Crippen LogP contribution in [0.15, 0.2) is 69.8 Å². The number of aromatic amines is 1. The van der Waals surface area contributed by atoms with Crippen molar-refractivity contribution in [3.63, 3.8) is 0 Å². The van der Waals surface area contributed by atoms with E-state index in [1.807, 2.05) is 0 Å². The molecule has 0 bridgehead atoms. The lowest BCUT2D eigenvalue weighted by Crippen LogP contribution is -2.71. The van der Waals surface area contributed by atoms with Crippen LogP contribution in [0.5, 0.6) is 5.75 Å². The number of aliphatic carboxylic acids is 1. The van der Waals surface area contributed by atoms with Gasteiger partial charge in [-0.2, -0.15) is 0 Å². The quantitative estimate of drug-likeness (QED) is 0.131. The molecule has 0 saturated carbocycles. The van der Waals surface area contributed by atoms with Crippen molar-refractivity contribution in [3.8, 4) is 5.75 Å². The van der Waals surface area contributed by atoms with Gasteiger partial charge in [0.25, 0.3) is 5.91 Å². The molecule has 16 nitrogen and oxygen atoms in total. The fourth-order valence-corrected chi connectivity index (χ4v) is 7.31. The number of rotatable bonds is 8. The molecule has 2 aromatic carbocycles. The Balaban J connectivity index is 1.23. The number of nitrogens with zero attached hydrogens (tertiary/aromatic N) is 6. The molecule has 0 spiro atoms. The number of hydrogen-bond acceptors (Lipinski definition) is 11. The number of fused-ring (bicyclic) bond motifs is 2. The lowest BCUT2D eigenvalue weighted by molar-refractivity contribution is -0.151. The van der Waals surface area contributed by atoms with Gasteiger partial charge in [0, 0.05) is 18.6 Å². The molecule has 2 aliphatic heterocycles. The van der Waals surface area contributed by atoms with E-state index in [0.717, 1.165) is 9.47 Å². The summed E-state index contributed by atoms with van der Waals surface area (Å²) in [5.41, 5.74) is 0.494. The number of aryl methyl sites for hydroxylation is 1. The number of amides is 3. The molecule has 44 heavy (non-hydrogen) atoms. The van der Waals surface area contributed by atoms with E-state index in [0.29, 0.717) is 16.2 Å². The minimum Gasteiger partial charge on any atom is -0.508 e. The first-order valence-electron chi connectivity index (χ1n) is 13.0. The van der Waals surface area contributed by atoms with Crippen LogP contribution in [0.25, 0.3) is 11.0 Å². The fourth-order valence-electron chi connectivity index (χ4n) is 4.98. The summed E-state index contributed by atoms with van der Waals surface area (Å²) in [6.07, 6.45) is 0. The number of carboxylic acid groups (broad SMARTS) is 1. The second-order valence-electron chi connectivity index (χ2n) is 9.79. The SMILES string of the molecule is Cn1nnnc1SCC1=C(C(=O)O)N2C(=O)C(NC(=O)C(NC(=O)n3c(=O)[nH]c4ccccc43)c3cccc(O)c3)[C@H]2SC1. The molecular weight excluding hydrogens is 614 g/mol. The van der Waals surface area contributed by atoms with Crippen molar-refractivity contribution in [1.29, 1.82) is 0 Å². The van der Waals surface area contributed by atoms with Crippen LogP contribution < -0.4 is 16.3 Å². The first-order chi connectivity index (χ1) is 21.1. The van der Waals surface area contributed by atoms with Gasteiger partial charge in [-0.1, -0.05) is 36.0 Å². The molecule has 0 radical (unpaired) electrons. The third-order valence-electron chi connectivity index (χ3n) is 7.03. The van der Waals surface area contributed by atoms with Crippen LogP contribution in [0.3, 0.4) is 0 Å². The summed E-state index contributed by atoms with van der Waals surface area (Å²) in [6, 6.07) is 8.70. The maximum atomic E-state index is 13.6. The maximum absolute atomic E-state index is 13.6. The number of aromatic hydroxyl groups is 1. The Kier molecular flexibility index (Phi) is 7.60. The number of benzene rings is 2. The van der Waals surface area contributed by atoms with Gasteiger partial charge in [-0.05, 0) is 45.8 Å². The third-order valence-corrected chi connectivity index (χ3v) is 9.47. The lowest BCUT2D eigenvalue weighted by Gasteiger charge is -2.49. The van der Waals surface area contributed by atoms with Gasteiger partial charge in [-0.3, -0.25) is 14.5 Å². The number of carbonyl (C=O) groups is 4. The summed E-state index contributed by atoms with van der Waals surface area (Å²) in [5.74, 6) is -2.39. The van der Waals surface area contributed by atoms with E-state index in [1.165, 1.54) is 52.5 Å². The molecule has 18 heteroatoms. The number of hydrogen-bond donors (Lipinski definition) is 5. The van der Waals surface area contributed by atoms with E-state index in [9.17, 15) is 34.2 Å². The highest BCUT2D eigenvalue weighted by atomic mass is 32.2. The van der Waals surface area contributed by atoms with Gasteiger partial charge in [0.05, 0.1) is 11.0 Å². The number of aromatic nitrogens is 6. The molecule has 3 atom stereocenters. The predicted molar refractivity (Wildman–Crippen MR) is 157 cm³/mol. The van der Waals surface area contributed by atoms with Crippen LogP contribution in [0, 0.1) is 0 Å². The zero-order valence-electron chi connectivity index (χ0n) is 22.7. The molecular formula is C26H23N9O7S2. The minimum atomic E-state index is -1.42. The monoisotopic (exact) mass is 637 g/mol. The molecule has 4 heterocycles. The van der Waals surface area contributed by atoms with Gasteiger partial charge in [0.15, 0.2) is 0 Å². The molecule has 5 N–H and O–H groups in total. The van der Waals surface area contributed by atoms with Gasteiger partial charge in [-0.25, -0.2) is 23.6 Å². The number of tetrazole rings is 1. The van der Waals surface area contributed by atoms with E-state index in [4.69, 9.17) is 0 Å². The largest absolute Gasteiger partial charge is 0.508 e. The highest BCUT2D eigenvalue weighted by Gasteiger charge is 2.54. The number of imidazole rings is 1. The second kappa shape index (κ2) is 11.5. The number of carboxylic acids is 1. The normalized spacial score (nSPS) is 18.5. The first-order valence-corrected chi connectivity index (χ1v) is 15.0. The number of nitrogens with one attached hydrogen (secondary N) is 3. The summed E-state index contributed by atoms with van der Waals surface area (Å²) in [6.45, 7) is 0. The summed E-state index contributed by atoms with van der Waals surface area (Å²) >= 11 is 2.51. The Morgan fingerprint density at radius 1 is 1.18 bits per heavy atom. The van der Waals surface area contributed by atoms with Gasteiger partial charge in [0.2, 0.25) is 11.1 Å². The standard InChI is InChI=1S/C26H23N9O7S2/c1-33-26(30-31-32-33)44-11-13-10-43-22-18(21(38)35(22)19(13)23(39)40)28-20(37)17(12-5-4-6-14(36)9-12)29-25(42)34-16-8-3-2-7-15(16)27-24(34)41/h2-9,17-18,22,36H,10-11H2,1H3,(H,27,41)(H,28,37)(H,29,42)(H,39,40)/t17?,18?,22-/m1/s1. The molecule has 4 aromatic rings. The summed E-state index contributed by atoms with van der Waals surface area (Å²) in [7, 11) is 1.65. The van der Waals surface area contributed by atoms with Crippen molar-refractivity contribution in [2.24, 2.45) is 7.05 Å². The van der Waals surface area contributed by atoms with E-state index in [1.54, 1.807) is 31.3 Å². The van der Waals surface area contributed by atoms with Crippen LogP contribution in [0.2, 0.25) is 0 Å². The third kappa shape index (κ3) is 5.17. The number of phenols is 1. The molecule has 2 aromatic heterocycles. The van der Waals surface area contributed by atoms with Crippen molar-refractivity contribution >= 4 is 58.4 Å². The van der Waals surface area contributed by atoms with Gasteiger partial charge < -0.3 is 25.8 Å². The van der Waals surface area contributed by atoms with Crippen molar-refractivity contribution in [3.05, 3.63) is 75.8 Å². The van der Waals surface area contributed by atoms with Crippen LogP contribution in [-0.2, 0) is 21.4 Å². The molecule has 1 fully saturated rings. The number of para-hydroxylation sites is 2. The maximum Gasteiger partial charge on any atom is 0.352 e. The highest BCUT2D eigenvalue weighted by molar-refractivity contribution is 8.01. The van der Waals surface area contributed by atoms with E-state index < -0.39 is 47.0 Å². The molecule has 2 aliphatic rings. The molecule has 226 valence electrons. The van der Waals surface area contributed by atoms with Gasteiger partial charge >= 0.3 is 17.7 Å². The molecule has 1 saturated heterocycles. The van der Waals surface area contributed by atoms with E-state index in [-0.39, 0.29) is 34.0 Å². The number of phenolic OH excluding ortho intramolecular Hbond substituents is 1. The van der Waals surface area contributed by atoms with Crippen molar-refractivity contribution < 1.29 is 29.4 Å². The van der Waals surface area contributed by atoms with Crippen molar-refractivity contribution in [1.82, 2.24) is 45.3 Å². The summed E-state index contributed by atoms with van der Waals surface area (Å²) < 4.78 is 2.29. The molecule has 0 aliphatic carbocycles. The first kappa shape index (κ1) is 29.0. The predicted octanol–water partition coefficient (Wildman–Crippen LogP) is 0.389. The Labute approximate surface area is 255 Å². The van der Waals surface area contributed by atoms with Crippen molar-refractivity contribution in [2.45, 2.75) is 22.6 Å². The molecule has 6 rings (SSSR count). The van der Waals surface area contributed by atoms with E-state index >= 15 is 0 Å². The van der Waals surface area contributed by atoms with Gasteiger partial charge in [-0.15, -0.1) is 16.9 Å². The second-order valence-corrected chi connectivity index (χ2v) is 11.8. The van der Waals surface area contributed by atoms with Crippen LogP contribution >= 0.6 is 23.5 Å². The number of H-pyrrole nitrogens is 1. The average Bonchev–Trinajstić information content (AvgIpc) is 3.57. The molecule has 2 unspecified atom stereocenters. The zero-order valence-corrected chi connectivity index (χ0v) is 24.3. The average molecular weight is 638 g/mol. The summed E-state index contributed by atoms with van der Waals surface area (Å²) in [5, 5.41) is 36.1. The summed E-state index contributed by atoms with van der Waals surface area (Å²) in [4.78, 5) is 68.8. The van der Waals surface area contributed by atoms with Crippen LogP contribution in [0.4, 0.5) is 4.79 Å². The zero-order chi connectivity index (χ0) is 31.1. The van der Waals surface area contributed by atoms with Crippen molar-refractivity contribution in [2.75, 3.05) is 11.5 Å². The number of carbonyl (C=O) groups excluding carboxylic acids is 3. The number of β-lactam (4-membered cyclic amide) rings is 1. The number of thioether (sulfide) groups is 2. The Morgan fingerprint density at radius 2 is 1.98 bits per heavy atom. The van der Waals surface area contributed by atoms with Gasteiger partial charge in [0.1, 0.15) is 28.9 Å². The topological polar surface area (TPSA) is 217 Å². The lowest BCUT2D eigenvalue weighted by atomic mass is 10.0. The Hall–Kier alpha value is -5.10. The highest BCUT2D eigenvalue weighted by Crippen LogP contribution is 2.41.